The van der Waals surface area contributed by atoms with Crippen molar-refractivity contribution in [3.8, 4) is 0 Å². The summed E-state index contributed by atoms with van der Waals surface area (Å²) in [5.74, 6) is -0.448. The molecule has 0 aliphatic heterocycles. The fourth-order valence-electron chi connectivity index (χ4n) is 2.15. The third-order valence-corrected chi connectivity index (χ3v) is 4.60. The Hall–Kier alpha value is -2.94. The first-order valence-corrected chi connectivity index (χ1v) is 8.87. The molecule has 0 spiro atoms. The van der Waals surface area contributed by atoms with Crippen LogP contribution in [0.15, 0.2) is 53.4 Å². The molecule has 0 saturated heterocycles. The highest BCUT2D eigenvalue weighted by atomic mass is 32.2. The Balaban J connectivity index is 2.43. The third kappa shape index (κ3) is 4.32. The molecule has 0 aliphatic rings. The number of nitrogens with zero attached hydrogens (tertiary/aromatic N) is 1. The van der Waals surface area contributed by atoms with Crippen LogP contribution in [-0.2, 0) is 10.0 Å². The Morgan fingerprint density at radius 2 is 1.68 bits per heavy atom. The first-order chi connectivity index (χ1) is 11.7. The molecule has 0 saturated carbocycles. The second-order valence-corrected chi connectivity index (χ2v) is 7.15. The maximum absolute atomic E-state index is 12.6. The summed E-state index contributed by atoms with van der Waals surface area (Å²) in [6, 6.07) is 10.9. The van der Waals surface area contributed by atoms with Crippen LogP contribution in [0.4, 0.5) is 11.4 Å². The molecule has 8 nitrogen and oxygen atoms in total. The van der Waals surface area contributed by atoms with Crippen LogP contribution in [0.1, 0.15) is 24.2 Å². The highest BCUT2D eigenvalue weighted by molar-refractivity contribution is 7.92. The zero-order valence-corrected chi connectivity index (χ0v) is 14.4. The molecule has 0 aromatic heterocycles. The van der Waals surface area contributed by atoms with E-state index in [-0.39, 0.29) is 17.3 Å². The van der Waals surface area contributed by atoms with E-state index < -0.39 is 31.4 Å². The van der Waals surface area contributed by atoms with Crippen molar-refractivity contribution >= 4 is 27.3 Å². The molecule has 0 unspecified atom stereocenters. The van der Waals surface area contributed by atoms with Crippen LogP contribution < -0.4 is 10.0 Å². The van der Waals surface area contributed by atoms with Gasteiger partial charge in [0.1, 0.15) is 0 Å². The number of carbonyl (C=O) groups is 1. The third-order valence-electron chi connectivity index (χ3n) is 3.19. The summed E-state index contributed by atoms with van der Waals surface area (Å²) in [5, 5.41) is 13.7. The highest BCUT2D eigenvalue weighted by Crippen LogP contribution is 2.26. The van der Waals surface area contributed by atoms with Crippen molar-refractivity contribution in [3.63, 3.8) is 0 Å². The van der Waals surface area contributed by atoms with Crippen molar-refractivity contribution in [2.24, 2.45) is 0 Å². The minimum Gasteiger partial charge on any atom is -0.350 e. The van der Waals surface area contributed by atoms with E-state index in [4.69, 9.17) is 0 Å². The van der Waals surface area contributed by atoms with Crippen LogP contribution in [0.3, 0.4) is 0 Å². The van der Waals surface area contributed by atoms with Crippen LogP contribution in [0.2, 0.25) is 0 Å². The first kappa shape index (κ1) is 18.4. The van der Waals surface area contributed by atoms with Gasteiger partial charge in [0.05, 0.1) is 16.2 Å². The summed E-state index contributed by atoms with van der Waals surface area (Å²) in [6.07, 6.45) is 0. The van der Waals surface area contributed by atoms with E-state index in [1.54, 1.807) is 26.0 Å². The molecule has 0 atom stereocenters. The van der Waals surface area contributed by atoms with Crippen LogP contribution in [-0.4, -0.2) is 25.3 Å². The topological polar surface area (TPSA) is 118 Å². The predicted octanol–water partition coefficient (Wildman–Crippen LogP) is 2.53. The van der Waals surface area contributed by atoms with E-state index in [0.717, 1.165) is 12.1 Å². The molecule has 0 bridgehead atoms. The van der Waals surface area contributed by atoms with Crippen LogP contribution in [0.5, 0.6) is 0 Å². The molecule has 0 aliphatic carbocycles. The number of nitro benzene ring substituents is 1. The number of hydrogen-bond donors (Lipinski definition) is 2. The number of nitro groups is 1. The van der Waals surface area contributed by atoms with Crippen molar-refractivity contribution in [1.82, 2.24) is 5.32 Å². The Morgan fingerprint density at radius 1 is 1.08 bits per heavy atom. The lowest BCUT2D eigenvalue weighted by Gasteiger charge is -2.14. The van der Waals surface area contributed by atoms with Gasteiger partial charge in [-0.1, -0.05) is 24.3 Å². The molecule has 2 aromatic carbocycles. The van der Waals surface area contributed by atoms with E-state index in [9.17, 15) is 23.3 Å². The second kappa shape index (κ2) is 7.31. The molecular formula is C16H17N3O5S. The SMILES string of the molecule is CC(C)NC(=O)c1ccccc1NS(=O)(=O)c1ccccc1[N+](=O)[O-]. The van der Waals surface area contributed by atoms with Crippen LogP contribution >= 0.6 is 0 Å². The average molecular weight is 363 g/mol. The monoisotopic (exact) mass is 363 g/mol. The van der Waals surface area contributed by atoms with Gasteiger partial charge < -0.3 is 5.32 Å². The lowest BCUT2D eigenvalue weighted by atomic mass is 10.1. The number of rotatable bonds is 6. The molecule has 2 rings (SSSR count). The van der Waals surface area contributed by atoms with E-state index >= 15 is 0 Å². The molecule has 1 amide bonds. The molecule has 2 aromatic rings. The molecule has 0 fully saturated rings. The number of benzene rings is 2. The van der Waals surface area contributed by atoms with Gasteiger partial charge in [-0.05, 0) is 32.0 Å². The predicted molar refractivity (Wildman–Crippen MR) is 92.9 cm³/mol. The van der Waals surface area contributed by atoms with Crippen molar-refractivity contribution in [2.75, 3.05) is 4.72 Å². The second-order valence-electron chi connectivity index (χ2n) is 5.50. The summed E-state index contributed by atoms with van der Waals surface area (Å²) in [6.45, 7) is 3.55. The fourth-order valence-corrected chi connectivity index (χ4v) is 3.40. The Morgan fingerprint density at radius 3 is 2.32 bits per heavy atom. The lowest BCUT2D eigenvalue weighted by Crippen LogP contribution is -2.31. The van der Waals surface area contributed by atoms with Crippen molar-refractivity contribution in [1.29, 1.82) is 0 Å². The summed E-state index contributed by atoms with van der Waals surface area (Å²) in [4.78, 5) is 22.0. The molecule has 25 heavy (non-hydrogen) atoms. The smallest absolute Gasteiger partial charge is 0.289 e. The summed E-state index contributed by atoms with van der Waals surface area (Å²) < 4.78 is 27.4. The average Bonchev–Trinajstić information content (AvgIpc) is 2.54. The fraction of sp³-hybridized carbons (Fsp3) is 0.188. The largest absolute Gasteiger partial charge is 0.350 e. The zero-order chi connectivity index (χ0) is 18.6. The van der Waals surface area contributed by atoms with Crippen molar-refractivity contribution in [3.05, 3.63) is 64.2 Å². The Bertz CT molecular complexity index is 909. The van der Waals surface area contributed by atoms with Crippen LogP contribution in [0.25, 0.3) is 0 Å². The van der Waals surface area contributed by atoms with Gasteiger partial charge in [0.15, 0.2) is 4.90 Å². The van der Waals surface area contributed by atoms with E-state index in [1.807, 2.05) is 0 Å². The number of anilines is 1. The zero-order valence-electron chi connectivity index (χ0n) is 13.6. The van der Waals surface area contributed by atoms with Gasteiger partial charge >= 0.3 is 0 Å². The van der Waals surface area contributed by atoms with Gasteiger partial charge in [0.2, 0.25) is 0 Å². The summed E-state index contributed by atoms with van der Waals surface area (Å²) in [7, 11) is -4.25. The minimum atomic E-state index is -4.25. The number of carbonyl (C=O) groups excluding carboxylic acids is 1. The molecule has 132 valence electrons. The van der Waals surface area contributed by atoms with Gasteiger partial charge in [-0.3, -0.25) is 19.6 Å². The molecule has 0 radical (unpaired) electrons. The summed E-state index contributed by atoms with van der Waals surface area (Å²) in [5.41, 5.74) is -0.378. The molecular weight excluding hydrogens is 346 g/mol. The number of hydrogen-bond acceptors (Lipinski definition) is 5. The standard InChI is InChI=1S/C16H17N3O5S/c1-11(2)17-16(20)12-7-3-4-8-13(12)18-25(23,24)15-10-6-5-9-14(15)19(21)22/h3-11,18H,1-2H3,(H,17,20). The Labute approximate surface area is 145 Å². The minimum absolute atomic E-state index is 0.0406. The number of sulfonamides is 1. The number of amides is 1. The quantitative estimate of drug-likeness (QED) is 0.604. The van der Waals surface area contributed by atoms with Crippen molar-refractivity contribution < 1.29 is 18.1 Å². The number of para-hydroxylation sites is 2. The van der Waals surface area contributed by atoms with Gasteiger partial charge in [0.25, 0.3) is 21.6 Å². The van der Waals surface area contributed by atoms with Crippen molar-refractivity contribution in [2.45, 2.75) is 24.8 Å². The van der Waals surface area contributed by atoms with Gasteiger partial charge in [-0.25, -0.2) is 8.42 Å². The molecule has 0 heterocycles. The van der Waals surface area contributed by atoms with Crippen LogP contribution in [0, 0.1) is 10.1 Å². The van der Waals surface area contributed by atoms with E-state index in [1.165, 1.54) is 24.3 Å². The van der Waals surface area contributed by atoms with E-state index in [2.05, 4.69) is 10.0 Å². The normalized spacial score (nSPS) is 11.2. The lowest BCUT2D eigenvalue weighted by molar-refractivity contribution is -0.387. The summed E-state index contributed by atoms with van der Waals surface area (Å²) >= 11 is 0. The van der Waals surface area contributed by atoms with Gasteiger partial charge in [-0.2, -0.15) is 0 Å². The maximum atomic E-state index is 12.6. The van der Waals surface area contributed by atoms with Gasteiger partial charge in [-0.15, -0.1) is 0 Å². The molecule has 9 heteroatoms. The molecule has 2 N–H and O–H groups in total. The number of nitrogens with one attached hydrogen (secondary N) is 2. The highest BCUT2D eigenvalue weighted by Gasteiger charge is 2.26. The van der Waals surface area contributed by atoms with E-state index in [0.29, 0.717) is 0 Å². The van der Waals surface area contributed by atoms with Gasteiger partial charge in [0, 0.05) is 12.1 Å². The first-order valence-electron chi connectivity index (χ1n) is 7.38. The maximum Gasteiger partial charge on any atom is 0.289 e. The Kier molecular flexibility index (Phi) is 5.38.